The second-order valence-electron chi connectivity index (χ2n) is 6.69. The highest BCUT2D eigenvalue weighted by molar-refractivity contribution is 7.92. The molecule has 0 aliphatic carbocycles. The van der Waals surface area contributed by atoms with E-state index >= 15 is 0 Å². The fourth-order valence-electron chi connectivity index (χ4n) is 2.89. The molecule has 10 heteroatoms. The zero-order valence-corrected chi connectivity index (χ0v) is 17.2. The Balaban J connectivity index is 1.83. The van der Waals surface area contributed by atoms with Crippen LogP contribution in [0.15, 0.2) is 82.3 Å². The molecule has 164 valence electrons. The number of alkyl halides is 3. The first kappa shape index (κ1) is 22.4. The zero-order valence-electron chi connectivity index (χ0n) is 16.4. The van der Waals surface area contributed by atoms with E-state index in [9.17, 15) is 26.4 Å². The topological polar surface area (TPSA) is 70.8 Å². The van der Waals surface area contributed by atoms with Crippen molar-refractivity contribution in [1.82, 2.24) is 4.90 Å². The maximum absolute atomic E-state index is 13.0. The highest BCUT2D eigenvalue weighted by Gasteiger charge is 2.34. The van der Waals surface area contributed by atoms with E-state index in [0.29, 0.717) is 10.6 Å². The van der Waals surface area contributed by atoms with Crippen LogP contribution < -0.4 is 4.31 Å². The quantitative estimate of drug-likeness (QED) is 0.536. The van der Waals surface area contributed by atoms with E-state index < -0.39 is 28.7 Å². The minimum Gasteiger partial charge on any atom is -0.467 e. The molecule has 0 spiro atoms. The standard InChI is InChI=1S/C21H19F3N2O4S/c1-25(17-6-3-2-4-7-17)31(28,29)19-11-9-16(10-12-19)20(27)26(15-21(22,23)24)14-18-8-5-13-30-18/h2-13H,14-15H2,1H3. The number of hydrogen-bond donors (Lipinski definition) is 0. The number of anilines is 1. The van der Waals surface area contributed by atoms with Crippen molar-refractivity contribution in [3.63, 3.8) is 0 Å². The van der Waals surface area contributed by atoms with Gasteiger partial charge in [-0.05, 0) is 48.5 Å². The normalized spacial score (nSPS) is 11.9. The summed E-state index contributed by atoms with van der Waals surface area (Å²) in [5, 5.41) is 0. The van der Waals surface area contributed by atoms with Crippen molar-refractivity contribution in [2.24, 2.45) is 0 Å². The van der Waals surface area contributed by atoms with Gasteiger partial charge < -0.3 is 9.32 Å². The highest BCUT2D eigenvalue weighted by atomic mass is 32.2. The first-order chi connectivity index (χ1) is 14.6. The highest BCUT2D eigenvalue weighted by Crippen LogP contribution is 2.24. The Hall–Kier alpha value is -3.27. The van der Waals surface area contributed by atoms with Gasteiger partial charge in [0.05, 0.1) is 23.4 Å². The van der Waals surface area contributed by atoms with Crippen LogP contribution in [-0.2, 0) is 16.6 Å². The van der Waals surface area contributed by atoms with Gasteiger partial charge in [-0.2, -0.15) is 13.2 Å². The van der Waals surface area contributed by atoms with Crippen molar-refractivity contribution in [1.29, 1.82) is 0 Å². The van der Waals surface area contributed by atoms with Crippen LogP contribution in [0.5, 0.6) is 0 Å². The van der Waals surface area contributed by atoms with Gasteiger partial charge >= 0.3 is 6.18 Å². The molecule has 0 saturated heterocycles. The molecular formula is C21H19F3N2O4S. The third kappa shape index (κ3) is 5.46. The van der Waals surface area contributed by atoms with Crippen molar-refractivity contribution >= 4 is 21.6 Å². The summed E-state index contributed by atoms with van der Waals surface area (Å²) in [4.78, 5) is 13.2. The van der Waals surface area contributed by atoms with Crippen LogP contribution in [0.25, 0.3) is 0 Å². The number of carbonyl (C=O) groups excluding carboxylic acids is 1. The molecule has 0 saturated carbocycles. The van der Waals surface area contributed by atoms with Crippen LogP contribution in [-0.4, -0.2) is 39.0 Å². The number of amides is 1. The van der Waals surface area contributed by atoms with Crippen LogP contribution in [0.3, 0.4) is 0 Å². The third-order valence-corrected chi connectivity index (χ3v) is 6.26. The lowest BCUT2D eigenvalue weighted by Gasteiger charge is -2.23. The summed E-state index contributed by atoms with van der Waals surface area (Å²) in [7, 11) is -2.52. The molecule has 0 unspecified atom stereocenters. The lowest BCUT2D eigenvalue weighted by Crippen LogP contribution is -2.38. The third-order valence-electron chi connectivity index (χ3n) is 4.46. The van der Waals surface area contributed by atoms with Gasteiger partial charge in [0, 0.05) is 12.6 Å². The second kappa shape index (κ2) is 8.84. The molecule has 3 aromatic rings. The van der Waals surface area contributed by atoms with Gasteiger partial charge in [0.25, 0.3) is 15.9 Å². The molecule has 6 nitrogen and oxygen atoms in total. The first-order valence-electron chi connectivity index (χ1n) is 9.10. The molecule has 0 atom stereocenters. The van der Waals surface area contributed by atoms with Crippen molar-refractivity contribution in [3.05, 3.63) is 84.3 Å². The average molecular weight is 452 g/mol. The Bertz CT molecular complexity index is 1110. The van der Waals surface area contributed by atoms with Crippen molar-refractivity contribution in [2.75, 3.05) is 17.9 Å². The van der Waals surface area contributed by atoms with Gasteiger partial charge in [0.1, 0.15) is 12.3 Å². The molecule has 0 radical (unpaired) electrons. The largest absolute Gasteiger partial charge is 0.467 e. The van der Waals surface area contributed by atoms with Crippen molar-refractivity contribution in [2.45, 2.75) is 17.6 Å². The molecule has 1 heterocycles. The molecule has 1 aromatic heterocycles. The second-order valence-corrected chi connectivity index (χ2v) is 8.66. The predicted octanol–water partition coefficient (Wildman–Crippen LogP) is 4.31. The van der Waals surface area contributed by atoms with Gasteiger partial charge in [-0.1, -0.05) is 18.2 Å². The van der Waals surface area contributed by atoms with Crippen molar-refractivity contribution < 1.29 is 30.8 Å². The van der Waals surface area contributed by atoms with E-state index in [2.05, 4.69) is 0 Å². The predicted molar refractivity (Wildman–Crippen MR) is 108 cm³/mol. The molecule has 0 N–H and O–H groups in total. The lowest BCUT2D eigenvalue weighted by molar-refractivity contribution is -0.142. The number of nitrogens with zero attached hydrogens (tertiary/aromatic N) is 2. The molecule has 2 aromatic carbocycles. The average Bonchev–Trinajstić information content (AvgIpc) is 3.25. The van der Waals surface area contributed by atoms with Gasteiger partial charge in [0.2, 0.25) is 0 Å². The van der Waals surface area contributed by atoms with Crippen LogP contribution in [0.1, 0.15) is 16.1 Å². The Morgan fingerprint density at radius 2 is 1.61 bits per heavy atom. The van der Waals surface area contributed by atoms with E-state index in [1.165, 1.54) is 49.7 Å². The maximum atomic E-state index is 13.0. The zero-order chi connectivity index (χ0) is 22.6. The summed E-state index contributed by atoms with van der Waals surface area (Å²) < 4.78 is 70.7. The van der Waals surface area contributed by atoms with E-state index in [4.69, 9.17) is 4.42 Å². The number of furan rings is 1. The molecule has 1 amide bonds. The van der Waals surface area contributed by atoms with E-state index in [0.717, 1.165) is 4.31 Å². The Morgan fingerprint density at radius 3 is 2.16 bits per heavy atom. The number of carbonyl (C=O) groups is 1. The number of para-hydroxylation sites is 1. The van der Waals surface area contributed by atoms with E-state index in [-0.39, 0.29) is 22.8 Å². The molecule has 0 aliphatic rings. The summed E-state index contributed by atoms with van der Waals surface area (Å²) in [6.07, 6.45) is -3.31. The smallest absolute Gasteiger partial charge is 0.406 e. The Kier molecular flexibility index (Phi) is 6.40. The number of hydrogen-bond acceptors (Lipinski definition) is 4. The molecule has 0 bridgehead atoms. The first-order valence-corrected chi connectivity index (χ1v) is 10.5. The fraction of sp³-hybridized carbons (Fsp3) is 0.190. The molecule has 0 aliphatic heterocycles. The Morgan fingerprint density at radius 1 is 0.968 bits per heavy atom. The van der Waals surface area contributed by atoms with Crippen LogP contribution in [0.2, 0.25) is 0 Å². The summed E-state index contributed by atoms with van der Waals surface area (Å²) in [6.45, 7) is -1.84. The van der Waals surface area contributed by atoms with Gasteiger partial charge in [-0.3, -0.25) is 9.10 Å². The van der Waals surface area contributed by atoms with E-state index in [1.807, 2.05) is 0 Å². The fourth-order valence-corrected chi connectivity index (χ4v) is 4.09. The number of benzene rings is 2. The molecule has 3 rings (SSSR count). The summed E-state index contributed by atoms with van der Waals surface area (Å²) in [5.74, 6) is -0.699. The Labute approximate surface area is 177 Å². The minimum absolute atomic E-state index is 0.0721. The van der Waals surface area contributed by atoms with Gasteiger partial charge in [0.15, 0.2) is 0 Å². The summed E-state index contributed by atoms with van der Waals surface area (Å²) in [5.41, 5.74) is 0.370. The number of halogens is 3. The lowest BCUT2D eigenvalue weighted by atomic mass is 10.2. The summed E-state index contributed by atoms with van der Waals surface area (Å²) >= 11 is 0. The van der Waals surface area contributed by atoms with Crippen molar-refractivity contribution in [3.8, 4) is 0 Å². The van der Waals surface area contributed by atoms with Crippen LogP contribution in [0, 0.1) is 0 Å². The maximum Gasteiger partial charge on any atom is 0.406 e. The molecule has 0 fully saturated rings. The SMILES string of the molecule is CN(c1ccccc1)S(=O)(=O)c1ccc(C(=O)N(Cc2ccco2)CC(F)(F)F)cc1. The van der Waals surface area contributed by atoms with Gasteiger partial charge in [-0.15, -0.1) is 0 Å². The number of rotatable bonds is 7. The molecular weight excluding hydrogens is 433 g/mol. The number of sulfonamides is 1. The minimum atomic E-state index is -4.61. The van der Waals surface area contributed by atoms with E-state index in [1.54, 1.807) is 30.3 Å². The van der Waals surface area contributed by atoms with Crippen LogP contribution >= 0.6 is 0 Å². The molecule has 31 heavy (non-hydrogen) atoms. The van der Waals surface area contributed by atoms with Crippen LogP contribution in [0.4, 0.5) is 18.9 Å². The monoisotopic (exact) mass is 452 g/mol. The van der Waals surface area contributed by atoms with Gasteiger partial charge in [-0.25, -0.2) is 8.42 Å². The summed E-state index contributed by atoms with van der Waals surface area (Å²) in [6, 6.07) is 16.1.